The molecule has 212 valence electrons. The van der Waals surface area contributed by atoms with Gasteiger partial charge in [0.05, 0.1) is 5.54 Å². The van der Waals surface area contributed by atoms with E-state index in [4.69, 9.17) is 0 Å². The molecule has 0 radical (unpaired) electrons. The molecule has 1 nitrogen and oxygen atoms in total. The number of hydrogen-bond donors (Lipinski definition) is 0. The van der Waals surface area contributed by atoms with E-state index in [0.29, 0.717) is 0 Å². The van der Waals surface area contributed by atoms with Crippen molar-refractivity contribution in [1.29, 1.82) is 0 Å². The highest BCUT2D eigenvalue weighted by molar-refractivity contribution is 6.21. The fraction of sp³-hybridized carbons (Fsp3) is 0.238. The smallest absolute Gasteiger partial charge is 0.0518 e. The summed E-state index contributed by atoms with van der Waals surface area (Å²) in [6.07, 6.45) is 4.99. The number of fused-ring (bicyclic) bond motifs is 5. The summed E-state index contributed by atoms with van der Waals surface area (Å²) in [5.74, 6) is 0. The first kappa shape index (κ1) is 26.3. The van der Waals surface area contributed by atoms with E-state index in [0.717, 1.165) is 0 Å². The lowest BCUT2D eigenvalue weighted by atomic mass is 9.61. The summed E-state index contributed by atoms with van der Waals surface area (Å²) >= 11 is 0. The monoisotopic (exact) mass is 557 g/mol. The van der Waals surface area contributed by atoms with Crippen LogP contribution < -0.4 is 4.90 Å². The van der Waals surface area contributed by atoms with Crippen LogP contribution in [0, 0.1) is 13.8 Å². The molecule has 1 heterocycles. The van der Waals surface area contributed by atoms with Gasteiger partial charge < -0.3 is 4.90 Å². The van der Waals surface area contributed by atoms with Gasteiger partial charge in [-0.15, -0.1) is 0 Å². The Kier molecular flexibility index (Phi) is 5.85. The van der Waals surface area contributed by atoms with Crippen LogP contribution in [0.15, 0.2) is 115 Å². The molecule has 2 unspecified atom stereocenters. The maximum atomic E-state index is 2.72. The predicted octanol–water partition coefficient (Wildman–Crippen LogP) is 11.7. The molecule has 1 aliphatic carbocycles. The first-order valence-electron chi connectivity index (χ1n) is 15.9. The van der Waals surface area contributed by atoms with Gasteiger partial charge in [0.25, 0.3) is 0 Å². The highest BCUT2D eigenvalue weighted by Gasteiger charge is 2.58. The Hall–Kier alpha value is -4.36. The van der Waals surface area contributed by atoms with Crippen LogP contribution in [0.4, 0.5) is 11.4 Å². The third-order valence-corrected chi connectivity index (χ3v) is 11.2. The molecular formula is C42H39N. The third kappa shape index (κ3) is 3.58. The van der Waals surface area contributed by atoms with Gasteiger partial charge in [-0.25, -0.2) is 0 Å². The van der Waals surface area contributed by atoms with Crippen LogP contribution in [-0.4, -0.2) is 5.54 Å². The molecule has 43 heavy (non-hydrogen) atoms. The second-order valence-electron chi connectivity index (χ2n) is 13.3. The molecule has 8 rings (SSSR count). The van der Waals surface area contributed by atoms with Crippen molar-refractivity contribution in [2.45, 2.75) is 64.3 Å². The van der Waals surface area contributed by atoms with Gasteiger partial charge in [-0.2, -0.15) is 0 Å². The number of benzene rings is 6. The molecule has 0 spiro atoms. The first-order chi connectivity index (χ1) is 20.9. The summed E-state index contributed by atoms with van der Waals surface area (Å²) < 4.78 is 0. The Morgan fingerprint density at radius 1 is 0.558 bits per heavy atom. The van der Waals surface area contributed by atoms with Gasteiger partial charge in [-0.05, 0) is 112 Å². The van der Waals surface area contributed by atoms with Crippen LogP contribution in [-0.2, 0) is 5.41 Å². The Labute approximate surface area is 255 Å². The van der Waals surface area contributed by atoms with Crippen LogP contribution in [0.25, 0.3) is 43.8 Å². The summed E-state index contributed by atoms with van der Waals surface area (Å²) in [6, 6.07) is 42.8. The van der Waals surface area contributed by atoms with Gasteiger partial charge in [0, 0.05) is 16.8 Å². The van der Waals surface area contributed by atoms with Gasteiger partial charge in [-0.1, -0.05) is 117 Å². The standard InChI is InChI=1S/C42H39N/c1-28-29(2)40-37(41(3)25-15-16-26-42(41,4)43(40)31-19-9-6-10-20-31)27-36(28)39-34-23-13-11-21-32(34)38(30-17-7-5-8-18-30)33-22-12-14-24-35(33)39/h5-14,17-24,27H,15-16,25-26H2,1-4H3. The summed E-state index contributed by atoms with van der Waals surface area (Å²) in [5, 5.41) is 5.30. The quantitative estimate of drug-likeness (QED) is 0.196. The SMILES string of the molecule is Cc1c(-c2c3ccccc3c(-c3ccccc3)c3ccccc23)cc2c(c1C)N(c1ccccc1)C1(C)CCCCC21C. The van der Waals surface area contributed by atoms with E-state index in [1.54, 1.807) is 0 Å². The van der Waals surface area contributed by atoms with E-state index in [1.807, 2.05) is 0 Å². The number of nitrogens with zero attached hydrogens (tertiary/aromatic N) is 1. The van der Waals surface area contributed by atoms with Crippen molar-refractivity contribution in [2.24, 2.45) is 0 Å². The summed E-state index contributed by atoms with van der Waals surface area (Å²) in [7, 11) is 0. The van der Waals surface area contributed by atoms with E-state index in [1.165, 1.54) is 97.5 Å². The largest absolute Gasteiger partial charge is 0.334 e. The molecule has 0 amide bonds. The highest BCUT2D eigenvalue weighted by atomic mass is 15.3. The minimum Gasteiger partial charge on any atom is -0.334 e. The lowest BCUT2D eigenvalue weighted by molar-refractivity contribution is 0.195. The predicted molar refractivity (Wildman–Crippen MR) is 185 cm³/mol. The van der Waals surface area contributed by atoms with Crippen LogP contribution in [0.2, 0.25) is 0 Å². The highest BCUT2D eigenvalue weighted by Crippen LogP contribution is 2.63. The Balaban J connectivity index is 1.48. The minimum atomic E-state index is 0.0338. The van der Waals surface area contributed by atoms with Crippen molar-refractivity contribution in [2.75, 3.05) is 4.90 Å². The van der Waals surface area contributed by atoms with E-state index in [2.05, 4.69) is 148 Å². The maximum absolute atomic E-state index is 2.72. The first-order valence-corrected chi connectivity index (χ1v) is 15.9. The Bertz CT molecular complexity index is 1970. The Morgan fingerprint density at radius 3 is 1.67 bits per heavy atom. The van der Waals surface area contributed by atoms with E-state index < -0.39 is 0 Å². The van der Waals surface area contributed by atoms with E-state index in [-0.39, 0.29) is 11.0 Å². The van der Waals surface area contributed by atoms with Crippen LogP contribution >= 0.6 is 0 Å². The molecule has 0 aromatic heterocycles. The van der Waals surface area contributed by atoms with E-state index in [9.17, 15) is 0 Å². The molecule has 0 bridgehead atoms. The van der Waals surface area contributed by atoms with Crippen molar-refractivity contribution >= 4 is 32.9 Å². The molecule has 6 aromatic rings. The summed E-state index contributed by atoms with van der Waals surface area (Å²) in [5.41, 5.74) is 12.5. The van der Waals surface area contributed by atoms with Crippen molar-refractivity contribution in [1.82, 2.24) is 0 Å². The molecule has 1 aliphatic heterocycles. The fourth-order valence-corrected chi connectivity index (χ4v) is 8.72. The molecule has 1 heteroatoms. The Morgan fingerprint density at radius 2 is 1.07 bits per heavy atom. The zero-order chi connectivity index (χ0) is 29.3. The maximum Gasteiger partial charge on any atom is 0.0518 e. The van der Waals surface area contributed by atoms with Crippen molar-refractivity contribution < 1.29 is 0 Å². The number of hydrogen-bond acceptors (Lipinski definition) is 1. The van der Waals surface area contributed by atoms with Crippen molar-refractivity contribution in [3.8, 4) is 22.3 Å². The van der Waals surface area contributed by atoms with Gasteiger partial charge in [0.2, 0.25) is 0 Å². The second kappa shape index (κ2) is 9.58. The number of rotatable bonds is 3. The lowest BCUT2D eigenvalue weighted by Crippen LogP contribution is -2.54. The molecule has 1 saturated carbocycles. The van der Waals surface area contributed by atoms with Gasteiger partial charge in [0.1, 0.15) is 0 Å². The lowest BCUT2D eigenvalue weighted by Gasteiger charge is -2.50. The fourth-order valence-electron chi connectivity index (χ4n) is 8.72. The van der Waals surface area contributed by atoms with Crippen LogP contribution in [0.5, 0.6) is 0 Å². The average Bonchev–Trinajstić information content (AvgIpc) is 3.26. The molecule has 2 aliphatic rings. The van der Waals surface area contributed by atoms with Gasteiger partial charge >= 0.3 is 0 Å². The number of anilines is 2. The van der Waals surface area contributed by atoms with Crippen molar-refractivity contribution in [3.05, 3.63) is 132 Å². The van der Waals surface area contributed by atoms with Crippen molar-refractivity contribution in [3.63, 3.8) is 0 Å². The summed E-state index contributed by atoms with van der Waals surface area (Å²) in [6.45, 7) is 9.82. The van der Waals surface area contributed by atoms with E-state index >= 15 is 0 Å². The van der Waals surface area contributed by atoms with Crippen LogP contribution in [0.1, 0.15) is 56.2 Å². The molecule has 1 fully saturated rings. The minimum absolute atomic E-state index is 0.0338. The summed E-state index contributed by atoms with van der Waals surface area (Å²) in [4.78, 5) is 2.72. The molecule has 6 aromatic carbocycles. The second-order valence-corrected chi connectivity index (χ2v) is 13.3. The molecule has 0 N–H and O–H groups in total. The normalized spacial score (nSPS) is 21.3. The topological polar surface area (TPSA) is 3.24 Å². The third-order valence-electron chi connectivity index (χ3n) is 11.2. The molecular weight excluding hydrogens is 518 g/mol. The zero-order valence-corrected chi connectivity index (χ0v) is 25.7. The van der Waals surface area contributed by atoms with Crippen LogP contribution in [0.3, 0.4) is 0 Å². The molecule has 0 saturated heterocycles. The number of para-hydroxylation sites is 1. The van der Waals surface area contributed by atoms with Gasteiger partial charge in [0.15, 0.2) is 0 Å². The molecule has 2 atom stereocenters. The zero-order valence-electron chi connectivity index (χ0n) is 25.7. The van der Waals surface area contributed by atoms with Gasteiger partial charge in [-0.3, -0.25) is 0 Å². The average molecular weight is 558 g/mol.